The van der Waals surface area contributed by atoms with E-state index in [2.05, 4.69) is 69.5 Å². The first-order chi connectivity index (χ1) is 8.84. The Morgan fingerprint density at radius 2 is 2.05 bits per heavy atom. The van der Waals surface area contributed by atoms with Gasteiger partial charge in [0, 0.05) is 17.0 Å². The van der Waals surface area contributed by atoms with Crippen LogP contribution in [0.1, 0.15) is 39.0 Å². The third-order valence-corrected chi connectivity index (χ3v) is 4.89. The van der Waals surface area contributed by atoms with Crippen LogP contribution in [0.15, 0.2) is 17.5 Å². The number of hydrogen-bond donors (Lipinski definition) is 1. The Kier molecular flexibility index (Phi) is 6.51. The fourth-order valence-corrected chi connectivity index (χ4v) is 3.27. The maximum Gasteiger partial charge on any atom is 0.0125 e. The Morgan fingerprint density at radius 3 is 2.53 bits per heavy atom. The highest BCUT2D eigenvalue weighted by Gasteiger charge is 2.23. The van der Waals surface area contributed by atoms with Crippen LogP contribution in [0.5, 0.6) is 0 Å². The second-order valence-corrected chi connectivity index (χ2v) is 7.64. The first-order valence-electron chi connectivity index (χ1n) is 7.24. The van der Waals surface area contributed by atoms with Gasteiger partial charge in [-0.2, -0.15) is 0 Å². The van der Waals surface area contributed by atoms with E-state index in [4.69, 9.17) is 0 Å². The number of likely N-dealkylation sites (N-methyl/N-ethyl adjacent to an activating group) is 1. The van der Waals surface area contributed by atoms with Gasteiger partial charge in [0.2, 0.25) is 0 Å². The molecule has 2 atom stereocenters. The zero-order chi connectivity index (χ0) is 14.5. The molecule has 0 aliphatic carbocycles. The van der Waals surface area contributed by atoms with E-state index in [0.29, 0.717) is 17.5 Å². The van der Waals surface area contributed by atoms with Crippen molar-refractivity contribution >= 4 is 11.3 Å². The fraction of sp³-hybridized carbons (Fsp3) is 0.750. The molecule has 0 aliphatic rings. The third-order valence-electron chi connectivity index (χ3n) is 3.99. The van der Waals surface area contributed by atoms with Crippen molar-refractivity contribution in [2.24, 2.45) is 5.41 Å². The third kappa shape index (κ3) is 5.64. The van der Waals surface area contributed by atoms with Crippen LogP contribution in [-0.4, -0.2) is 37.6 Å². The van der Waals surface area contributed by atoms with E-state index < -0.39 is 0 Å². The topological polar surface area (TPSA) is 15.3 Å². The summed E-state index contributed by atoms with van der Waals surface area (Å²) in [6, 6.07) is 5.56. The monoisotopic (exact) mass is 282 g/mol. The van der Waals surface area contributed by atoms with Gasteiger partial charge in [-0.05, 0) is 57.3 Å². The Balaban J connectivity index is 2.39. The standard InChI is InChI=1S/C16H30N2S/c1-13(12-14-8-7-11-19-14)18(6)10-9-15(17-5)16(2,3)4/h7-8,11,13,15,17H,9-10,12H2,1-6H3. The van der Waals surface area contributed by atoms with Gasteiger partial charge in [0.05, 0.1) is 0 Å². The number of nitrogens with one attached hydrogen (secondary N) is 1. The zero-order valence-corrected chi connectivity index (χ0v) is 14.2. The fourth-order valence-electron chi connectivity index (χ4n) is 2.44. The van der Waals surface area contributed by atoms with Crippen molar-refractivity contribution in [1.29, 1.82) is 0 Å². The van der Waals surface area contributed by atoms with Crippen LogP contribution < -0.4 is 5.32 Å². The van der Waals surface area contributed by atoms with Crippen molar-refractivity contribution in [2.75, 3.05) is 20.6 Å². The molecule has 1 aromatic rings. The minimum atomic E-state index is 0.326. The maximum atomic E-state index is 3.46. The molecule has 0 fully saturated rings. The van der Waals surface area contributed by atoms with Gasteiger partial charge in [-0.25, -0.2) is 0 Å². The van der Waals surface area contributed by atoms with Crippen molar-refractivity contribution in [2.45, 2.75) is 52.6 Å². The molecule has 0 bridgehead atoms. The number of nitrogens with zero attached hydrogens (tertiary/aromatic N) is 1. The Hall–Kier alpha value is -0.380. The minimum Gasteiger partial charge on any atom is -0.316 e. The molecule has 19 heavy (non-hydrogen) atoms. The molecule has 2 nitrogen and oxygen atoms in total. The van der Waals surface area contributed by atoms with Crippen molar-refractivity contribution in [3.8, 4) is 0 Å². The van der Waals surface area contributed by atoms with E-state index >= 15 is 0 Å². The second-order valence-electron chi connectivity index (χ2n) is 6.61. The summed E-state index contributed by atoms with van der Waals surface area (Å²) < 4.78 is 0. The Labute approximate surface area is 123 Å². The van der Waals surface area contributed by atoms with Crippen LogP contribution >= 0.6 is 11.3 Å². The van der Waals surface area contributed by atoms with Crippen LogP contribution in [0.2, 0.25) is 0 Å². The average Bonchev–Trinajstić information content (AvgIpc) is 2.80. The summed E-state index contributed by atoms with van der Waals surface area (Å²) in [5.41, 5.74) is 0.326. The highest BCUT2D eigenvalue weighted by atomic mass is 32.1. The number of rotatable bonds is 7. The van der Waals surface area contributed by atoms with E-state index in [1.807, 2.05) is 11.3 Å². The van der Waals surface area contributed by atoms with Crippen LogP contribution in [0.25, 0.3) is 0 Å². The molecule has 0 aliphatic heterocycles. The number of hydrogen-bond acceptors (Lipinski definition) is 3. The van der Waals surface area contributed by atoms with Gasteiger partial charge in [-0.15, -0.1) is 11.3 Å². The summed E-state index contributed by atoms with van der Waals surface area (Å²) in [7, 11) is 4.32. The quantitative estimate of drug-likeness (QED) is 0.821. The molecule has 3 heteroatoms. The van der Waals surface area contributed by atoms with Gasteiger partial charge < -0.3 is 10.2 Å². The molecule has 1 aromatic heterocycles. The predicted molar refractivity (Wildman–Crippen MR) is 87.0 cm³/mol. The lowest BCUT2D eigenvalue weighted by atomic mass is 9.85. The lowest BCUT2D eigenvalue weighted by Crippen LogP contribution is -2.42. The molecule has 0 saturated carbocycles. The van der Waals surface area contributed by atoms with E-state index in [1.165, 1.54) is 11.3 Å². The lowest BCUT2D eigenvalue weighted by molar-refractivity contribution is 0.202. The van der Waals surface area contributed by atoms with Crippen molar-refractivity contribution in [1.82, 2.24) is 10.2 Å². The molecule has 0 radical (unpaired) electrons. The SMILES string of the molecule is CNC(CCN(C)C(C)Cc1cccs1)C(C)(C)C. The molecule has 1 heterocycles. The summed E-state index contributed by atoms with van der Waals surface area (Å²) in [5, 5.41) is 5.62. The first kappa shape index (κ1) is 16.7. The summed E-state index contributed by atoms with van der Waals surface area (Å²) in [4.78, 5) is 3.97. The van der Waals surface area contributed by atoms with Crippen LogP contribution in [0.4, 0.5) is 0 Å². The largest absolute Gasteiger partial charge is 0.316 e. The van der Waals surface area contributed by atoms with Crippen LogP contribution in [0, 0.1) is 5.41 Å². The molecule has 0 amide bonds. The highest BCUT2D eigenvalue weighted by molar-refractivity contribution is 7.09. The second kappa shape index (κ2) is 7.41. The summed E-state index contributed by atoms with van der Waals surface area (Å²) in [5.74, 6) is 0. The van der Waals surface area contributed by atoms with Crippen LogP contribution in [-0.2, 0) is 6.42 Å². The lowest BCUT2D eigenvalue weighted by Gasteiger charge is -2.33. The predicted octanol–water partition coefficient (Wildman–Crippen LogP) is 3.64. The summed E-state index contributed by atoms with van der Waals surface area (Å²) in [6.07, 6.45) is 2.36. The van der Waals surface area contributed by atoms with E-state index in [9.17, 15) is 0 Å². The van der Waals surface area contributed by atoms with Crippen molar-refractivity contribution in [3.63, 3.8) is 0 Å². The minimum absolute atomic E-state index is 0.326. The first-order valence-corrected chi connectivity index (χ1v) is 8.12. The Bertz CT molecular complexity index is 340. The summed E-state index contributed by atoms with van der Waals surface area (Å²) >= 11 is 1.86. The highest BCUT2D eigenvalue weighted by Crippen LogP contribution is 2.22. The zero-order valence-electron chi connectivity index (χ0n) is 13.4. The van der Waals surface area contributed by atoms with Gasteiger partial charge in [-0.1, -0.05) is 26.8 Å². The van der Waals surface area contributed by atoms with Gasteiger partial charge in [0.15, 0.2) is 0 Å². The van der Waals surface area contributed by atoms with Crippen molar-refractivity contribution < 1.29 is 0 Å². The molecule has 1 N–H and O–H groups in total. The van der Waals surface area contributed by atoms with Crippen molar-refractivity contribution in [3.05, 3.63) is 22.4 Å². The molecule has 0 saturated heterocycles. The molecular weight excluding hydrogens is 252 g/mol. The maximum absolute atomic E-state index is 3.46. The van der Waals surface area contributed by atoms with E-state index in [1.54, 1.807) is 0 Å². The van der Waals surface area contributed by atoms with E-state index in [0.717, 1.165) is 13.0 Å². The molecule has 2 unspecified atom stereocenters. The van der Waals surface area contributed by atoms with Gasteiger partial charge in [-0.3, -0.25) is 0 Å². The van der Waals surface area contributed by atoms with Gasteiger partial charge >= 0.3 is 0 Å². The molecule has 0 spiro atoms. The molecule has 110 valence electrons. The molecular formula is C16H30N2S. The normalized spacial score (nSPS) is 15.7. The van der Waals surface area contributed by atoms with Crippen LogP contribution in [0.3, 0.4) is 0 Å². The molecule has 0 aromatic carbocycles. The smallest absolute Gasteiger partial charge is 0.0125 e. The average molecular weight is 282 g/mol. The Morgan fingerprint density at radius 1 is 1.37 bits per heavy atom. The van der Waals surface area contributed by atoms with Gasteiger partial charge in [0.1, 0.15) is 0 Å². The molecule has 1 rings (SSSR count). The van der Waals surface area contributed by atoms with Gasteiger partial charge in [0.25, 0.3) is 0 Å². The summed E-state index contributed by atoms with van der Waals surface area (Å²) in [6.45, 7) is 10.4. The van der Waals surface area contributed by atoms with E-state index in [-0.39, 0.29) is 0 Å². The number of thiophene rings is 1.